The van der Waals surface area contributed by atoms with Gasteiger partial charge in [0.15, 0.2) is 0 Å². The second-order valence-electron chi connectivity index (χ2n) is 6.87. The molecule has 0 saturated carbocycles. The number of hydrogen-bond donors (Lipinski definition) is 2. The fourth-order valence-corrected chi connectivity index (χ4v) is 5.06. The number of nitrogens with one attached hydrogen (secondary N) is 2. The number of hydrogen-bond acceptors (Lipinski definition) is 6. The number of nitrogens with zero attached hydrogens (tertiary/aromatic N) is 2. The smallest absolute Gasteiger partial charge is 0.243 e. The van der Waals surface area contributed by atoms with E-state index in [0.717, 1.165) is 23.9 Å². The van der Waals surface area contributed by atoms with E-state index in [4.69, 9.17) is 0 Å². The van der Waals surface area contributed by atoms with Gasteiger partial charge in [0.25, 0.3) is 0 Å². The molecule has 2 N–H and O–H groups in total. The molecule has 0 aliphatic heterocycles. The Morgan fingerprint density at radius 3 is 2.53 bits per heavy atom. The summed E-state index contributed by atoms with van der Waals surface area (Å²) in [5.41, 5.74) is 1.02. The van der Waals surface area contributed by atoms with E-state index in [1.165, 1.54) is 12.1 Å². The van der Waals surface area contributed by atoms with Gasteiger partial charge in [-0.3, -0.25) is 4.79 Å². The second-order valence-corrected chi connectivity index (χ2v) is 9.08. The van der Waals surface area contributed by atoms with Crippen molar-refractivity contribution in [2.24, 2.45) is 0 Å². The third kappa shape index (κ3) is 4.79. The predicted molar refractivity (Wildman–Crippen MR) is 117 cm³/mol. The van der Waals surface area contributed by atoms with Gasteiger partial charge in [-0.15, -0.1) is 0 Å². The number of fused-ring (bicyclic) bond motifs is 1. The van der Waals surface area contributed by atoms with Gasteiger partial charge < -0.3 is 5.32 Å². The summed E-state index contributed by atoms with van der Waals surface area (Å²) in [6, 6.07) is 14.7. The number of halogens is 2. The molecule has 1 atom stereocenters. The van der Waals surface area contributed by atoms with Crippen molar-refractivity contribution in [3.8, 4) is 0 Å². The van der Waals surface area contributed by atoms with Gasteiger partial charge in [-0.1, -0.05) is 36.4 Å². The lowest BCUT2D eigenvalue weighted by atomic mass is 10.1. The van der Waals surface area contributed by atoms with Crippen LogP contribution in [-0.4, -0.2) is 29.1 Å². The zero-order chi connectivity index (χ0) is 22.7. The maximum atomic E-state index is 14.0. The third-order valence-electron chi connectivity index (χ3n) is 4.62. The predicted octanol–water partition coefficient (Wildman–Crippen LogP) is 3.50. The van der Waals surface area contributed by atoms with E-state index >= 15 is 0 Å². The molecule has 1 heterocycles. The Balaban J connectivity index is 1.66. The summed E-state index contributed by atoms with van der Waals surface area (Å²) >= 11 is 0.872. The highest BCUT2D eigenvalue weighted by Crippen LogP contribution is 2.22. The zero-order valence-corrected chi connectivity index (χ0v) is 18.0. The number of benzene rings is 3. The molecular formula is C21H16F2N4O3S2. The van der Waals surface area contributed by atoms with Crippen LogP contribution in [0.1, 0.15) is 5.56 Å². The first-order valence-corrected chi connectivity index (χ1v) is 11.6. The normalized spacial score (nSPS) is 12.6. The van der Waals surface area contributed by atoms with Crippen LogP contribution in [0.15, 0.2) is 71.6 Å². The van der Waals surface area contributed by atoms with Gasteiger partial charge in [0.1, 0.15) is 33.6 Å². The van der Waals surface area contributed by atoms with Crippen LogP contribution in [0.5, 0.6) is 0 Å². The lowest BCUT2D eigenvalue weighted by Crippen LogP contribution is -2.45. The summed E-state index contributed by atoms with van der Waals surface area (Å²) in [7, 11) is -4.19. The number of carbonyl (C=O) groups is 1. The molecule has 0 aliphatic carbocycles. The molecule has 0 bridgehead atoms. The highest BCUT2D eigenvalue weighted by molar-refractivity contribution is 7.89. The number of sulfonamides is 1. The van der Waals surface area contributed by atoms with Gasteiger partial charge in [-0.05, 0) is 36.2 Å². The van der Waals surface area contributed by atoms with Crippen molar-refractivity contribution in [2.75, 3.05) is 5.32 Å². The third-order valence-corrected chi connectivity index (χ3v) is 6.67. The minimum absolute atomic E-state index is 0.00000890. The second kappa shape index (κ2) is 9.07. The fourth-order valence-electron chi connectivity index (χ4n) is 3.10. The van der Waals surface area contributed by atoms with E-state index in [1.807, 2.05) is 0 Å². The van der Waals surface area contributed by atoms with Crippen LogP contribution in [0, 0.1) is 11.6 Å². The van der Waals surface area contributed by atoms with Gasteiger partial charge in [-0.25, -0.2) is 17.2 Å². The molecule has 0 fully saturated rings. The summed E-state index contributed by atoms with van der Waals surface area (Å²) in [6.07, 6.45) is 0.00000890. The molecule has 3 aromatic carbocycles. The maximum Gasteiger partial charge on any atom is 0.243 e. The standard InChI is InChI=1S/C21H16F2N4O3S2/c22-14-9-10-16(15(23)12-14)24-21(28)18(11-13-5-2-1-3-6-13)27-32(29,30)19-8-4-7-17-20(19)26-31-25-17/h1-10,12,18,27H,11H2,(H,24,28)/t18-/m0/s1. The van der Waals surface area contributed by atoms with E-state index in [2.05, 4.69) is 18.8 Å². The molecule has 32 heavy (non-hydrogen) atoms. The first-order chi connectivity index (χ1) is 15.3. The highest BCUT2D eigenvalue weighted by atomic mass is 32.2. The molecular weight excluding hydrogens is 458 g/mol. The Kier molecular flexibility index (Phi) is 6.21. The van der Waals surface area contributed by atoms with Crippen molar-refractivity contribution in [2.45, 2.75) is 17.4 Å². The van der Waals surface area contributed by atoms with E-state index in [9.17, 15) is 22.0 Å². The SMILES string of the molecule is O=C(Nc1ccc(F)cc1F)[C@H](Cc1ccccc1)NS(=O)(=O)c1cccc2nsnc12. The molecule has 1 amide bonds. The van der Waals surface area contributed by atoms with Crippen LogP contribution in [0.4, 0.5) is 14.5 Å². The zero-order valence-electron chi connectivity index (χ0n) is 16.3. The summed E-state index contributed by atoms with van der Waals surface area (Å²) in [6.45, 7) is 0. The molecule has 0 spiro atoms. The van der Waals surface area contributed by atoms with Gasteiger partial charge in [0.2, 0.25) is 15.9 Å². The number of anilines is 1. The molecule has 0 saturated heterocycles. The van der Waals surface area contributed by atoms with Crippen molar-refractivity contribution < 1.29 is 22.0 Å². The van der Waals surface area contributed by atoms with E-state index in [1.54, 1.807) is 36.4 Å². The van der Waals surface area contributed by atoms with E-state index < -0.39 is 33.6 Å². The lowest BCUT2D eigenvalue weighted by Gasteiger charge is -2.19. The van der Waals surface area contributed by atoms with Gasteiger partial charge in [-0.2, -0.15) is 13.5 Å². The molecule has 11 heteroatoms. The summed E-state index contributed by atoms with van der Waals surface area (Å²) in [5.74, 6) is -2.57. The Morgan fingerprint density at radius 1 is 1.00 bits per heavy atom. The van der Waals surface area contributed by atoms with Crippen LogP contribution >= 0.6 is 11.7 Å². The quantitative estimate of drug-likeness (QED) is 0.427. The highest BCUT2D eigenvalue weighted by Gasteiger charge is 2.28. The number of carbonyl (C=O) groups excluding carboxylic acids is 1. The molecule has 1 aromatic heterocycles. The average molecular weight is 475 g/mol. The Morgan fingerprint density at radius 2 is 1.78 bits per heavy atom. The molecule has 4 aromatic rings. The van der Waals surface area contributed by atoms with Crippen molar-refractivity contribution in [3.05, 3.63) is 83.9 Å². The Hall–Kier alpha value is -3.28. The number of rotatable bonds is 7. The summed E-state index contributed by atoms with van der Waals surface area (Å²) in [5, 5.41) is 2.33. The summed E-state index contributed by atoms with van der Waals surface area (Å²) in [4.78, 5) is 12.8. The van der Waals surface area contributed by atoms with Gasteiger partial charge in [0, 0.05) is 6.07 Å². The van der Waals surface area contributed by atoms with Crippen LogP contribution in [0.2, 0.25) is 0 Å². The largest absolute Gasteiger partial charge is 0.322 e. The Labute approximate surface area is 186 Å². The van der Waals surface area contributed by atoms with Crippen LogP contribution < -0.4 is 10.0 Å². The maximum absolute atomic E-state index is 14.0. The fraction of sp³-hybridized carbons (Fsp3) is 0.0952. The topological polar surface area (TPSA) is 101 Å². The Bertz CT molecular complexity index is 1380. The molecule has 0 unspecified atom stereocenters. The van der Waals surface area contributed by atoms with Crippen LogP contribution in [0.25, 0.3) is 11.0 Å². The van der Waals surface area contributed by atoms with Crippen molar-refractivity contribution in [1.82, 2.24) is 13.5 Å². The van der Waals surface area contributed by atoms with E-state index in [0.29, 0.717) is 17.1 Å². The van der Waals surface area contributed by atoms with Gasteiger partial charge >= 0.3 is 0 Å². The van der Waals surface area contributed by atoms with Crippen LogP contribution in [-0.2, 0) is 21.2 Å². The average Bonchev–Trinajstić information content (AvgIpc) is 3.24. The minimum atomic E-state index is -4.19. The monoisotopic (exact) mass is 474 g/mol. The first-order valence-electron chi connectivity index (χ1n) is 9.37. The summed E-state index contributed by atoms with van der Waals surface area (Å²) < 4.78 is 64.0. The molecule has 0 aliphatic rings. The molecule has 4 rings (SSSR count). The molecule has 0 radical (unpaired) electrons. The lowest BCUT2D eigenvalue weighted by molar-refractivity contribution is -0.117. The van der Waals surface area contributed by atoms with Crippen molar-refractivity contribution >= 4 is 44.4 Å². The first kappa shape index (κ1) is 21.9. The number of aromatic nitrogens is 2. The number of amides is 1. The van der Waals surface area contributed by atoms with Gasteiger partial charge in [0.05, 0.1) is 17.4 Å². The molecule has 7 nitrogen and oxygen atoms in total. The minimum Gasteiger partial charge on any atom is -0.322 e. The van der Waals surface area contributed by atoms with Crippen molar-refractivity contribution in [3.63, 3.8) is 0 Å². The van der Waals surface area contributed by atoms with E-state index in [-0.39, 0.29) is 22.5 Å². The molecule has 164 valence electrons. The van der Waals surface area contributed by atoms with Crippen molar-refractivity contribution in [1.29, 1.82) is 0 Å². The van der Waals surface area contributed by atoms with Crippen LogP contribution in [0.3, 0.4) is 0 Å².